The monoisotopic (exact) mass is 495 g/mol. The Balaban J connectivity index is 1.72. The molecular formula is C26H23Cl2N3O3. The van der Waals surface area contributed by atoms with Crippen LogP contribution in [0.4, 0.5) is 10.5 Å². The number of rotatable bonds is 1. The maximum absolute atomic E-state index is 13.8. The smallest absolute Gasteiger partial charge is 0.417 e. The lowest BCUT2D eigenvalue weighted by atomic mass is 9.77. The predicted octanol–water partition coefficient (Wildman–Crippen LogP) is 6.52. The van der Waals surface area contributed by atoms with Gasteiger partial charge in [-0.2, -0.15) is 0 Å². The quantitative estimate of drug-likeness (QED) is 0.415. The number of ether oxygens (including phenoxy) is 1. The van der Waals surface area contributed by atoms with Gasteiger partial charge in [0.05, 0.1) is 15.6 Å². The Morgan fingerprint density at radius 3 is 2.71 bits per heavy atom. The lowest BCUT2D eigenvalue weighted by Gasteiger charge is -2.38. The number of imide groups is 1. The zero-order valence-corrected chi connectivity index (χ0v) is 20.5. The Labute approximate surface area is 207 Å². The highest BCUT2D eigenvalue weighted by Crippen LogP contribution is 2.49. The van der Waals surface area contributed by atoms with Crippen LogP contribution < -0.4 is 5.32 Å². The highest BCUT2D eigenvalue weighted by Gasteiger charge is 2.42. The molecule has 0 aliphatic carbocycles. The summed E-state index contributed by atoms with van der Waals surface area (Å²) in [6, 6.07) is 13.1. The van der Waals surface area contributed by atoms with Gasteiger partial charge in [0.1, 0.15) is 5.60 Å². The number of aromatic nitrogens is 1. The third kappa shape index (κ3) is 3.81. The summed E-state index contributed by atoms with van der Waals surface area (Å²) in [5, 5.41) is 5.10. The standard InChI is InChI=1S/C26H23Cl2N3O3/c1-26(2,3)34-25(33)31-13-11-19-22(24(31)32)21(15-6-4-8-16(27)23(15)28)20-14-7-5-12-29-17(14)9-10-18(20)30-19/h4-10,12,21,30H,11,13H2,1-3H3. The van der Waals surface area contributed by atoms with Crippen LogP contribution in [0.15, 0.2) is 59.9 Å². The molecule has 2 aromatic carbocycles. The lowest BCUT2D eigenvalue weighted by Crippen LogP contribution is -2.47. The molecule has 0 saturated heterocycles. The summed E-state index contributed by atoms with van der Waals surface area (Å²) in [6.45, 7) is 5.54. The van der Waals surface area contributed by atoms with E-state index in [4.69, 9.17) is 27.9 Å². The Morgan fingerprint density at radius 1 is 1.15 bits per heavy atom. The van der Waals surface area contributed by atoms with E-state index in [1.165, 1.54) is 4.90 Å². The van der Waals surface area contributed by atoms with Crippen molar-refractivity contribution in [3.63, 3.8) is 0 Å². The van der Waals surface area contributed by atoms with Gasteiger partial charge in [0.15, 0.2) is 0 Å². The van der Waals surface area contributed by atoms with Crippen LogP contribution in [0.5, 0.6) is 0 Å². The van der Waals surface area contributed by atoms with Crippen molar-refractivity contribution in [3.8, 4) is 0 Å². The fourth-order valence-corrected chi connectivity index (χ4v) is 5.03. The second-order valence-electron chi connectivity index (χ2n) is 9.38. The Morgan fingerprint density at radius 2 is 1.94 bits per heavy atom. The van der Waals surface area contributed by atoms with E-state index < -0.39 is 23.5 Å². The van der Waals surface area contributed by atoms with Crippen LogP contribution in [0.25, 0.3) is 10.9 Å². The normalized spacial score (nSPS) is 17.9. The van der Waals surface area contributed by atoms with Crippen molar-refractivity contribution in [1.82, 2.24) is 9.88 Å². The van der Waals surface area contributed by atoms with E-state index >= 15 is 0 Å². The number of benzene rings is 2. The largest absolute Gasteiger partial charge is 0.443 e. The predicted molar refractivity (Wildman–Crippen MR) is 133 cm³/mol. The molecule has 3 heterocycles. The van der Waals surface area contributed by atoms with Crippen LogP contribution in [0.3, 0.4) is 0 Å². The maximum atomic E-state index is 13.8. The maximum Gasteiger partial charge on any atom is 0.417 e. The van der Waals surface area contributed by atoms with Crippen LogP contribution in [-0.4, -0.2) is 34.0 Å². The van der Waals surface area contributed by atoms with E-state index in [2.05, 4.69) is 10.3 Å². The highest BCUT2D eigenvalue weighted by atomic mass is 35.5. The first-order chi connectivity index (χ1) is 16.2. The molecule has 34 heavy (non-hydrogen) atoms. The molecule has 2 amide bonds. The van der Waals surface area contributed by atoms with Gasteiger partial charge in [-0.15, -0.1) is 0 Å². The molecule has 2 aliphatic heterocycles. The van der Waals surface area contributed by atoms with Crippen molar-refractivity contribution in [2.45, 2.75) is 38.7 Å². The number of carbonyl (C=O) groups is 2. The summed E-state index contributed by atoms with van der Waals surface area (Å²) in [6.07, 6.45) is 1.54. The van der Waals surface area contributed by atoms with Crippen molar-refractivity contribution in [2.75, 3.05) is 11.9 Å². The lowest BCUT2D eigenvalue weighted by molar-refractivity contribution is -0.127. The molecule has 0 saturated carbocycles. The summed E-state index contributed by atoms with van der Waals surface area (Å²) in [4.78, 5) is 32.4. The number of pyridine rings is 1. The van der Waals surface area contributed by atoms with Gasteiger partial charge in [-0.3, -0.25) is 9.78 Å². The van der Waals surface area contributed by atoms with E-state index in [0.717, 1.165) is 27.9 Å². The van der Waals surface area contributed by atoms with E-state index in [1.807, 2.05) is 36.4 Å². The molecule has 1 atom stereocenters. The molecule has 3 aromatic rings. The minimum absolute atomic E-state index is 0.222. The van der Waals surface area contributed by atoms with Gasteiger partial charge in [0.2, 0.25) is 0 Å². The molecular weight excluding hydrogens is 473 g/mol. The number of anilines is 1. The summed E-state index contributed by atoms with van der Waals surface area (Å²) in [5.74, 6) is -0.946. The zero-order valence-electron chi connectivity index (χ0n) is 19.0. The van der Waals surface area contributed by atoms with E-state index in [1.54, 1.807) is 33.0 Å². The molecule has 1 aromatic heterocycles. The molecule has 0 spiro atoms. The second kappa shape index (κ2) is 8.29. The Bertz CT molecular complexity index is 1380. The van der Waals surface area contributed by atoms with E-state index in [-0.39, 0.29) is 6.54 Å². The molecule has 0 bridgehead atoms. The minimum Gasteiger partial charge on any atom is -0.443 e. The first kappa shape index (κ1) is 22.7. The van der Waals surface area contributed by atoms with Gasteiger partial charge in [0.25, 0.3) is 5.91 Å². The van der Waals surface area contributed by atoms with Crippen molar-refractivity contribution in [2.24, 2.45) is 0 Å². The number of fused-ring (bicyclic) bond motifs is 3. The number of hydrogen-bond acceptors (Lipinski definition) is 5. The molecule has 1 unspecified atom stereocenters. The van der Waals surface area contributed by atoms with Gasteiger partial charge in [-0.1, -0.05) is 41.4 Å². The average molecular weight is 496 g/mol. The average Bonchev–Trinajstić information content (AvgIpc) is 2.78. The topological polar surface area (TPSA) is 71.5 Å². The van der Waals surface area contributed by atoms with Gasteiger partial charge >= 0.3 is 6.09 Å². The van der Waals surface area contributed by atoms with Gasteiger partial charge in [0, 0.05) is 47.4 Å². The number of amides is 2. The Hall–Kier alpha value is -3.09. The Kier molecular flexibility index (Phi) is 5.53. The number of nitrogens with zero attached hydrogens (tertiary/aromatic N) is 2. The number of halogens is 2. The highest BCUT2D eigenvalue weighted by molar-refractivity contribution is 6.42. The molecule has 6 nitrogen and oxygen atoms in total. The third-order valence-corrected chi connectivity index (χ3v) is 6.82. The van der Waals surface area contributed by atoms with Gasteiger partial charge in [-0.25, -0.2) is 9.69 Å². The first-order valence-corrected chi connectivity index (χ1v) is 11.8. The second-order valence-corrected chi connectivity index (χ2v) is 10.2. The van der Waals surface area contributed by atoms with E-state index in [0.29, 0.717) is 27.6 Å². The summed E-state index contributed by atoms with van der Waals surface area (Å²) in [7, 11) is 0. The van der Waals surface area contributed by atoms with Crippen LogP contribution in [0.1, 0.15) is 44.2 Å². The van der Waals surface area contributed by atoms with Gasteiger partial charge < -0.3 is 10.1 Å². The molecule has 1 N–H and O–H groups in total. The van der Waals surface area contributed by atoms with Crippen LogP contribution in [0, 0.1) is 0 Å². The molecule has 0 radical (unpaired) electrons. The fraction of sp³-hybridized carbons (Fsp3) is 0.269. The summed E-state index contributed by atoms with van der Waals surface area (Å²) >= 11 is 13.1. The van der Waals surface area contributed by atoms with Gasteiger partial charge in [-0.05, 0) is 56.2 Å². The summed E-state index contributed by atoms with van der Waals surface area (Å²) < 4.78 is 5.52. The van der Waals surface area contributed by atoms with Crippen LogP contribution in [-0.2, 0) is 9.53 Å². The number of nitrogens with one attached hydrogen (secondary N) is 1. The van der Waals surface area contributed by atoms with Crippen molar-refractivity contribution >= 4 is 51.8 Å². The molecule has 5 rings (SSSR count). The van der Waals surface area contributed by atoms with Crippen molar-refractivity contribution in [1.29, 1.82) is 0 Å². The summed E-state index contributed by atoms with van der Waals surface area (Å²) in [5.41, 5.74) is 3.74. The van der Waals surface area contributed by atoms with Crippen LogP contribution >= 0.6 is 23.2 Å². The third-order valence-electron chi connectivity index (χ3n) is 5.98. The number of carbonyl (C=O) groups excluding carboxylic acids is 2. The number of hydrogen-bond donors (Lipinski definition) is 1. The first-order valence-electron chi connectivity index (χ1n) is 11.0. The zero-order chi connectivity index (χ0) is 24.2. The van der Waals surface area contributed by atoms with E-state index in [9.17, 15) is 9.59 Å². The van der Waals surface area contributed by atoms with Crippen LogP contribution in [0.2, 0.25) is 10.0 Å². The van der Waals surface area contributed by atoms with Crippen molar-refractivity contribution < 1.29 is 14.3 Å². The molecule has 8 heteroatoms. The minimum atomic E-state index is -0.721. The molecule has 174 valence electrons. The van der Waals surface area contributed by atoms with Crippen molar-refractivity contribution in [3.05, 3.63) is 81.1 Å². The molecule has 2 aliphatic rings. The fourth-order valence-electron chi connectivity index (χ4n) is 4.61. The SMILES string of the molecule is CC(C)(C)OC(=O)N1CCC2=C(C1=O)C(c1cccc(Cl)c1Cl)c1c(ccc3ncccc13)N2. The molecule has 0 fully saturated rings.